The number of halogens is 2. The molecule has 5 nitrogen and oxygen atoms in total. The van der Waals surface area contributed by atoms with Gasteiger partial charge in [0.1, 0.15) is 11.6 Å². The van der Waals surface area contributed by atoms with Crippen LogP contribution < -0.4 is 5.32 Å². The molecule has 1 heterocycles. The van der Waals surface area contributed by atoms with Gasteiger partial charge in [-0.2, -0.15) is 0 Å². The number of carbonyl (C=O) groups excluding carboxylic acids is 3. The van der Waals surface area contributed by atoms with Crippen LogP contribution in [0.15, 0.2) is 18.2 Å². The molecule has 0 spiro atoms. The summed E-state index contributed by atoms with van der Waals surface area (Å²) >= 11 is 0. The van der Waals surface area contributed by atoms with Crippen molar-refractivity contribution in [3.05, 3.63) is 35.4 Å². The minimum Gasteiger partial charge on any atom is -0.349 e. The second-order valence-corrected chi connectivity index (χ2v) is 7.03. The van der Waals surface area contributed by atoms with Crippen molar-refractivity contribution in [2.24, 2.45) is 11.8 Å². The van der Waals surface area contributed by atoms with Crippen LogP contribution in [0.3, 0.4) is 0 Å². The van der Waals surface area contributed by atoms with Crippen molar-refractivity contribution in [2.45, 2.75) is 45.1 Å². The normalized spacial score (nSPS) is 23.7. The second kappa shape index (κ2) is 7.51. The number of carbonyl (C=O) groups is 3. The fourth-order valence-corrected chi connectivity index (χ4v) is 3.91. The molecule has 2 aliphatic rings. The van der Waals surface area contributed by atoms with Crippen LogP contribution in [0.5, 0.6) is 0 Å². The molecule has 140 valence electrons. The van der Waals surface area contributed by atoms with Crippen LogP contribution in [0.25, 0.3) is 0 Å². The third-order valence-corrected chi connectivity index (χ3v) is 5.30. The molecule has 2 fully saturated rings. The number of fused-ring (bicyclic) bond motifs is 1. The third kappa shape index (κ3) is 3.61. The Kier molecular flexibility index (Phi) is 5.34. The Morgan fingerprint density at radius 2 is 1.81 bits per heavy atom. The first-order valence-corrected chi connectivity index (χ1v) is 8.98. The standard InChI is InChI=1S/C19H22F2N2O3/c1-11(13-7-6-12(20)10-16(13)21)22-17(24)8-9-23-18(25)14-4-2-3-5-15(14)19(23)26/h6-7,10-11,14-15H,2-5,8-9H2,1H3,(H,22,24). The lowest BCUT2D eigenvalue weighted by Gasteiger charge is -2.19. The minimum atomic E-state index is -0.730. The molecular formula is C19H22F2N2O3. The molecule has 0 radical (unpaired) electrons. The first-order valence-electron chi connectivity index (χ1n) is 8.98. The predicted molar refractivity (Wildman–Crippen MR) is 89.7 cm³/mol. The molecule has 0 aromatic heterocycles. The first-order chi connectivity index (χ1) is 12.4. The number of benzene rings is 1. The molecule has 3 atom stereocenters. The number of imide groups is 1. The highest BCUT2D eigenvalue weighted by atomic mass is 19.1. The van der Waals surface area contributed by atoms with E-state index in [9.17, 15) is 23.2 Å². The largest absolute Gasteiger partial charge is 0.349 e. The van der Waals surface area contributed by atoms with Crippen molar-refractivity contribution in [3.63, 3.8) is 0 Å². The quantitative estimate of drug-likeness (QED) is 0.817. The van der Waals surface area contributed by atoms with Gasteiger partial charge in [0.2, 0.25) is 17.7 Å². The highest BCUT2D eigenvalue weighted by molar-refractivity contribution is 6.05. The zero-order chi connectivity index (χ0) is 18.8. The van der Waals surface area contributed by atoms with Crippen molar-refractivity contribution in [3.8, 4) is 0 Å². The van der Waals surface area contributed by atoms with E-state index in [0.717, 1.165) is 37.8 Å². The fourth-order valence-electron chi connectivity index (χ4n) is 3.91. The maximum atomic E-state index is 13.8. The summed E-state index contributed by atoms with van der Waals surface area (Å²) in [5.74, 6) is -2.62. The molecule has 1 aromatic carbocycles. The Morgan fingerprint density at radius 3 is 2.38 bits per heavy atom. The average Bonchev–Trinajstić information content (AvgIpc) is 2.84. The Morgan fingerprint density at radius 1 is 1.19 bits per heavy atom. The maximum absolute atomic E-state index is 13.8. The number of likely N-dealkylation sites (tertiary alicyclic amines) is 1. The van der Waals surface area contributed by atoms with E-state index in [-0.39, 0.29) is 42.2 Å². The summed E-state index contributed by atoms with van der Waals surface area (Å²) in [6, 6.07) is 2.54. The van der Waals surface area contributed by atoms with Crippen LogP contribution in [0, 0.1) is 23.5 Å². The SMILES string of the molecule is CC(NC(=O)CCN1C(=O)C2CCCCC2C1=O)c1ccc(F)cc1F. The topological polar surface area (TPSA) is 66.5 Å². The summed E-state index contributed by atoms with van der Waals surface area (Å²) in [7, 11) is 0. The molecule has 26 heavy (non-hydrogen) atoms. The summed E-state index contributed by atoms with van der Waals surface area (Å²) < 4.78 is 26.7. The summed E-state index contributed by atoms with van der Waals surface area (Å²) in [5.41, 5.74) is 0.180. The van der Waals surface area contributed by atoms with Crippen molar-refractivity contribution < 1.29 is 23.2 Å². The van der Waals surface area contributed by atoms with E-state index in [4.69, 9.17) is 0 Å². The highest BCUT2D eigenvalue weighted by Crippen LogP contribution is 2.37. The van der Waals surface area contributed by atoms with Crippen molar-refractivity contribution >= 4 is 17.7 Å². The fraction of sp³-hybridized carbons (Fsp3) is 0.526. The van der Waals surface area contributed by atoms with E-state index in [1.54, 1.807) is 6.92 Å². The Labute approximate surface area is 150 Å². The molecule has 1 saturated carbocycles. The Hall–Kier alpha value is -2.31. The summed E-state index contributed by atoms with van der Waals surface area (Å²) in [6.45, 7) is 1.63. The molecule has 3 unspecified atom stereocenters. The molecule has 7 heteroatoms. The van der Waals surface area contributed by atoms with Gasteiger partial charge in [-0.15, -0.1) is 0 Å². The lowest BCUT2D eigenvalue weighted by molar-refractivity contribution is -0.140. The first kappa shape index (κ1) is 18.5. The van der Waals surface area contributed by atoms with Crippen LogP contribution in [0.1, 0.15) is 50.6 Å². The van der Waals surface area contributed by atoms with Gasteiger partial charge >= 0.3 is 0 Å². The summed E-state index contributed by atoms with van der Waals surface area (Å²) in [5, 5.41) is 2.62. The monoisotopic (exact) mass is 364 g/mol. The molecule has 3 rings (SSSR count). The van der Waals surface area contributed by atoms with E-state index in [2.05, 4.69) is 5.32 Å². The van der Waals surface area contributed by atoms with Crippen molar-refractivity contribution in [1.29, 1.82) is 0 Å². The van der Waals surface area contributed by atoms with Gasteiger partial charge < -0.3 is 5.32 Å². The van der Waals surface area contributed by atoms with Gasteiger partial charge in [0.25, 0.3) is 0 Å². The zero-order valence-corrected chi connectivity index (χ0v) is 14.6. The lowest BCUT2D eigenvalue weighted by Crippen LogP contribution is -2.36. The molecule has 3 amide bonds. The van der Waals surface area contributed by atoms with E-state index in [1.165, 1.54) is 11.0 Å². The minimum absolute atomic E-state index is 0.0368. The van der Waals surface area contributed by atoms with Gasteiger partial charge in [-0.3, -0.25) is 19.3 Å². The molecule has 1 saturated heterocycles. The molecule has 1 aliphatic heterocycles. The zero-order valence-electron chi connectivity index (χ0n) is 14.6. The molecular weight excluding hydrogens is 342 g/mol. The van der Waals surface area contributed by atoms with E-state index in [1.807, 2.05) is 0 Å². The number of rotatable bonds is 5. The van der Waals surface area contributed by atoms with Crippen LogP contribution in [-0.2, 0) is 14.4 Å². The van der Waals surface area contributed by atoms with Gasteiger partial charge in [-0.1, -0.05) is 18.9 Å². The maximum Gasteiger partial charge on any atom is 0.233 e. The van der Waals surface area contributed by atoms with Crippen LogP contribution in [0.4, 0.5) is 8.78 Å². The Balaban J connectivity index is 1.55. The average molecular weight is 364 g/mol. The van der Waals surface area contributed by atoms with Gasteiger partial charge in [0, 0.05) is 24.6 Å². The molecule has 1 aromatic rings. The number of hydrogen-bond acceptors (Lipinski definition) is 3. The third-order valence-electron chi connectivity index (χ3n) is 5.30. The smallest absolute Gasteiger partial charge is 0.233 e. The summed E-state index contributed by atoms with van der Waals surface area (Å²) in [4.78, 5) is 38.1. The van der Waals surface area contributed by atoms with Gasteiger partial charge in [-0.25, -0.2) is 8.78 Å². The number of nitrogens with one attached hydrogen (secondary N) is 1. The van der Waals surface area contributed by atoms with E-state index >= 15 is 0 Å². The number of hydrogen-bond donors (Lipinski definition) is 1. The van der Waals surface area contributed by atoms with Crippen LogP contribution in [-0.4, -0.2) is 29.2 Å². The second-order valence-electron chi connectivity index (χ2n) is 7.03. The predicted octanol–water partition coefficient (Wildman–Crippen LogP) is 2.71. The molecule has 0 bridgehead atoms. The van der Waals surface area contributed by atoms with Gasteiger partial charge in [0.15, 0.2) is 0 Å². The lowest BCUT2D eigenvalue weighted by atomic mass is 9.81. The summed E-state index contributed by atoms with van der Waals surface area (Å²) in [6.07, 6.45) is 3.34. The van der Waals surface area contributed by atoms with Crippen molar-refractivity contribution in [1.82, 2.24) is 10.2 Å². The van der Waals surface area contributed by atoms with Crippen LogP contribution in [0.2, 0.25) is 0 Å². The van der Waals surface area contributed by atoms with Crippen molar-refractivity contribution in [2.75, 3.05) is 6.54 Å². The van der Waals surface area contributed by atoms with E-state index < -0.39 is 23.6 Å². The molecule has 1 N–H and O–H groups in total. The van der Waals surface area contributed by atoms with Crippen LogP contribution >= 0.6 is 0 Å². The Bertz CT molecular complexity index is 713. The molecule has 1 aliphatic carbocycles. The van der Waals surface area contributed by atoms with Gasteiger partial charge in [-0.05, 0) is 25.8 Å². The highest BCUT2D eigenvalue weighted by Gasteiger charge is 2.47. The number of amides is 3. The number of nitrogens with zero attached hydrogens (tertiary/aromatic N) is 1. The van der Waals surface area contributed by atoms with Gasteiger partial charge in [0.05, 0.1) is 17.9 Å². The van der Waals surface area contributed by atoms with E-state index in [0.29, 0.717) is 0 Å².